The topological polar surface area (TPSA) is 92.5 Å². The maximum atomic E-state index is 12.2. The van der Waals surface area contributed by atoms with E-state index in [4.69, 9.17) is 4.52 Å². The number of nitrogens with one attached hydrogen (secondary N) is 1. The second-order valence-electron chi connectivity index (χ2n) is 5.60. The van der Waals surface area contributed by atoms with Crippen LogP contribution >= 0.6 is 0 Å². The van der Waals surface area contributed by atoms with Crippen LogP contribution in [0.4, 0.5) is 5.82 Å². The van der Waals surface area contributed by atoms with Crippen LogP contribution in [0.5, 0.6) is 0 Å². The Morgan fingerprint density at radius 2 is 1.95 bits per heavy atom. The number of imide groups is 1. The third kappa shape index (κ3) is 2.66. The van der Waals surface area contributed by atoms with Gasteiger partial charge in [0.05, 0.1) is 11.8 Å². The van der Waals surface area contributed by atoms with E-state index in [9.17, 15) is 14.4 Å². The molecule has 1 aromatic heterocycles. The Labute approximate surface area is 127 Å². The quantitative estimate of drug-likeness (QED) is 0.668. The number of allylic oxidation sites excluding steroid dienone is 2. The summed E-state index contributed by atoms with van der Waals surface area (Å²) in [4.78, 5) is 37.5. The van der Waals surface area contributed by atoms with E-state index in [2.05, 4.69) is 10.5 Å². The van der Waals surface area contributed by atoms with Crippen LogP contribution in [0.15, 0.2) is 22.7 Å². The number of rotatable bonds is 4. The van der Waals surface area contributed by atoms with Gasteiger partial charge in [0.2, 0.25) is 17.7 Å². The molecule has 2 unspecified atom stereocenters. The van der Waals surface area contributed by atoms with Gasteiger partial charge >= 0.3 is 0 Å². The Kier molecular flexibility index (Phi) is 3.79. The second kappa shape index (κ2) is 5.75. The number of aryl methyl sites for hydroxylation is 1. The fraction of sp³-hybridized carbons (Fsp3) is 0.467. The van der Waals surface area contributed by atoms with E-state index in [-0.39, 0.29) is 42.5 Å². The zero-order chi connectivity index (χ0) is 15.7. The molecule has 1 fully saturated rings. The SMILES string of the molecule is Cc1cc(NC(=O)CCN2C(=O)C3CC=CCC3C2=O)no1. The van der Waals surface area contributed by atoms with E-state index in [0.717, 1.165) is 0 Å². The average molecular weight is 303 g/mol. The van der Waals surface area contributed by atoms with Crippen molar-refractivity contribution in [3.05, 3.63) is 24.0 Å². The van der Waals surface area contributed by atoms with E-state index in [0.29, 0.717) is 24.4 Å². The Morgan fingerprint density at radius 3 is 2.50 bits per heavy atom. The van der Waals surface area contributed by atoms with Crippen LogP contribution in [0.25, 0.3) is 0 Å². The number of nitrogens with zero attached hydrogens (tertiary/aromatic N) is 2. The minimum Gasteiger partial charge on any atom is -0.360 e. The maximum absolute atomic E-state index is 12.2. The first kappa shape index (κ1) is 14.5. The van der Waals surface area contributed by atoms with Crippen molar-refractivity contribution >= 4 is 23.5 Å². The molecule has 1 saturated heterocycles. The number of anilines is 1. The Morgan fingerprint density at radius 1 is 1.32 bits per heavy atom. The lowest BCUT2D eigenvalue weighted by atomic mass is 9.85. The molecular weight excluding hydrogens is 286 g/mol. The fourth-order valence-electron chi connectivity index (χ4n) is 2.93. The van der Waals surface area contributed by atoms with Crippen molar-refractivity contribution in [1.29, 1.82) is 0 Å². The normalized spacial score (nSPS) is 23.8. The van der Waals surface area contributed by atoms with Gasteiger partial charge < -0.3 is 9.84 Å². The number of likely N-dealkylation sites (tertiary alicyclic amines) is 1. The first-order valence-corrected chi connectivity index (χ1v) is 7.29. The number of fused-ring (bicyclic) bond motifs is 1. The van der Waals surface area contributed by atoms with Crippen molar-refractivity contribution in [2.45, 2.75) is 26.2 Å². The van der Waals surface area contributed by atoms with Crippen LogP contribution in [0.2, 0.25) is 0 Å². The number of hydrogen-bond donors (Lipinski definition) is 1. The monoisotopic (exact) mass is 303 g/mol. The van der Waals surface area contributed by atoms with Crippen molar-refractivity contribution in [1.82, 2.24) is 10.1 Å². The molecule has 0 bridgehead atoms. The van der Waals surface area contributed by atoms with E-state index < -0.39 is 0 Å². The van der Waals surface area contributed by atoms with Crippen molar-refractivity contribution in [2.24, 2.45) is 11.8 Å². The molecule has 3 amide bonds. The molecular formula is C15H17N3O4. The summed E-state index contributed by atoms with van der Waals surface area (Å²) in [7, 11) is 0. The zero-order valence-corrected chi connectivity index (χ0v) is 12.2. The Hall–Kier alpha value is -2.44. The molecule has 0 aromatic carbocycles. The van der Waals surface area contributed by atoms with Gasteiger partial charge in [0.25, 0.3) is 0 Å². The summed E-state index contributed by atoms with van der Waals surface area (Å²) in [5.74, 6) is -0.204. The highest BCUT2D eigenvalue weighted by Crippen LogP contribution is 2.34. The summed E-state index contributed by atoms with van der Waals surface area (Å²) in [5, 5.41) is 6.24. The number of amides is 3. The minimum atomic E-state index is -0.304. The van der Waals surface area contributed by atoms with Gasteiger partial charge in [-0.2, -0.15) is 0 Å². The smallest absolute Gasteiger partial charge is 0.233 e. The molecule has 7 heteroatoms. The molecule has 1 aliphatic heterocycles. The maximum Gasteiger partial charge on any atom is 0.233 e. The summed E-state index contributed by atoms with van der Waals surface area (Å²) in [6, 6.07) is 1.60. The highest BCUT2D eigenvalue weighted by molar-refractivity contribution is 6.05. The van der Waals surface area contributed by atoms with E-state index in [1.54, 1.807) is 13.0 Å². The summed E-state index contributed by atoms with van der Waals surface area (Å²) in [5.41, 5.74) is 0. The lowest BCUT2D eigenvalue weighted by molar-refractivity contribution is -0.140. The van der Waals surface area contributed by atoms with E-state index in [1.165, 1.54) is 4.90 Å². The summed E-state index contributed by atoms with van der Waals surface area (Å²) < 4.78 is 4.85. The number of aromatic nitrogens is 1. The summed E-state index contributed by atoms with van der Waals surface area (Å²) in [6.07, 6.45) is 5.15. The lowest BCUT2D eigenvalue weighted by Crippen LogP contribution is -2.34. The average Bonchev–Trinajstić information content (AvgIpc) is 3.01. The largest absolute Gasteiger partial charge is 0.360 e. The van der Waals surface area contributed by atoms with Gasteiger partial charge in [-0.3, -0.25) is 19.3 Å². The summed E-state index contributed by atoms with van der Waals surface area (Å²) in [6.45, 7) is 1.83. The van der Waals surface area contributed by atoms with Gasteiger partial charge in [-0.05, 0) is 19.8 Å². The highest BCUT2D eigenvalue weighted by atomic mass is 16.5. The Bertz CT molecular complexity index is 623. The predicted molar refractivity (Wildman–Crippen MR) is 76.6 cm³/mol. The number of hydrogen-bond acceptors (Lipinski definition) is 5. The highest BCUT2D eigenvalue weighted by Gasteiger charge is 2.46. The molecule has 2 aliphatic rings. The first-order chi connectivity index (χ1) is 10.6. The molecule has 1 aliphatic carbocycles. The van der Waals surface area contributed by atoms with Gasteiger partial charge in [-0.15, -0.1) is 0 Å². The Balaban J connectivity index is 1.56. The van der Waals surface area contributed by atoms with Crippen LogP contribution in [-0.2, 0) is 14.4 Å². The molecule has 2 atom stereocenters. The van der Waals surface area contributed by atoms with Gasteiger partial charge in [0.15, 0.2) is 5.82 Å². The molecule has 0 spiro atoms. The summed E-state index contributed by atoms with van der Waals surface area (Å²) >= 11 is 0. The second-order valence-corrected chi connectivity index (χ2v) is 5.60. The van der Waals surface area contributed by atoms with Gasteiger partial charge in [0.1, 0.15) is 5.76 Å². The molecule has 2 heterocycles. The molecule has 22 heavy (non-hydrogen) atoms. The molecule has 3 rings (SSSR count). The fourth-order valence-corrected chi connectivity index (χ4v) is 2.93. The van der Waals surface area contributed by atoms with Crippen LogP contribution in [0.1, 0.15) is 25.0 Å². The van der Waals surface area contributed by atoms with Crippen LogP contribution in [-0.4, -0.2) is 34.3 Å². The first-order valence-electron chi connectivity index (χ1n) is 7.29. The van der Waals surface area contributed by atoms with Gasteiger partial charge in [-0.25, -0.2) is 0 Å². The molecule has 1 aromatic rings. The number of carbonyl (C=O) groups excluding carboxylic acids is 3. The van der Waals surface area contributed by atoms with Crippen LogP contribution < -0.4 is 5.32 Å². The van der Waals surface area contributed by atoms with Crippen molar-refractivity contribution in [3.63, 3.8) is 0 Å². The van der Waals surface area contributed by atoms with E-state index >= 15 is 0 Å². The van der Waals surface area contributed by atoms with Crippen LogP contribution in [0, 0.1) is 18.8 Å². The van der Waals surface area contributed by atoms with Crippen molar-refractivity contribution in [2.75, 3.05) is 11.9 Å². The predicted octanol–water partition coefficient (Wildman–Crippen LogP) is 1.26. The van der Waals surface area contributed by atoms with E-state index in [1.807, 2.05) is 12.2 Å². The number of carbonyl (C=O) groups is 3. The third-order valence-corrected chi connectivity index (χ3v) is 4.06. The van der Waals surface area contributed by atoms with Gasteiger partial charge in [0, 0.05) is 19.0 Å². The zero-order valence-electron chi connectivity index (χ0n) is 12.2. The molecule has 7 nitrogen and oxygen atoms in total. The van der Waals surface area contributed by atoms with Crippen molar-refractivity contribution in [3.8, 4) is 0 Å². The van der Waals surface area contributed by atoms with Crippen molar-refractivity contribution < 1.29 is 18.9 Å². The molecule has 1 N–H and O–H groups in total. The third-order valence-electron chi connectivity index (χ3n) is 4.06. The molecule has 0 radical (unpaired) electrons. The van der Waals surface area contributed by atoms with Crippen LogP contribution in [0.3, 0.4) is 0 Å². The van der Waals surface area contributed by atoms with Gasteiger partial charge in [-0.1, -0.05) is 17.3 Å². The standard InChI is InChI=1S/C15H17N3O4/c1-9-8-12(17-22-9)16-13(19)6-7-18-14(20)10-4-2-3-5-11(10)15(18)21/h2-3,8,10-11H,4-7H2,1H3,(H,16,17,19). The lowest BCUT2D eigenvalue weighted by Gasteiger charge is -2.14. The minimum absolute atomic E-state index is 0.0518. The molecule has 116 valence electrons. The molecule has 0 saturated carbocycles.